The van der Waals surface area contributed by atoms with Crippen molar-refractivity contribution in [2.24, 2.45) is 0 Å². The van der Waals surface area contributed by atoms with Crippen LogP contribution in [0.2, 0.25) is 0 Å². The van der Waals surface area contributed by atoms with Crippen molar-refractivity contribution in [3.05, 3.63) is 71.3 Å². The van der Waals surface area contributed by atoms with E-state index in [-0.39, 0.29) is 18.1 Å². The minimum Gasteiger partial charge on any atom is -0.394 e. The Morgan fingerprint density at radius 1 is 1.10 bits per heavy atom. The molecule has 2 atom stereocenters. The van der Waals surface area contributed by atoms with Crippen molar-refractivity contribution in [1.82, 2.24) is 5.32 Å². The number of fused-ring (bicyclic) bond motifs is 1. The summed E-state index contributed by atoms with van der Waals surface area (Å²) in [5, 5.41) is 13.4. The Kier molecular flexibility index (Phi) is 3.83. The smallest absolute Gasteiger partial charge is 0.0626 e. The second-order valence-electron chi connectivity index (χ2n) is 6.54. The summed E-state index contributed by atoms with van der Waals surface area (Å²) in [5.74, 6) is 0. The quantitative estimate of drug-likeness (QED) is 0.895. The maximum absolute atomic E-state index is 9.76. The summed E-state index contributed by atoms with van der Waals surface area (Å²) >= 11 is 0. The Hall–Kier alpha value is -1.64. The van der Waals surface area contributed by atoms with Gasteiger partial charge >= 0.3 is 0 Å². The van der Waals surface area contributed by atoms with Gasteiger partial charge in [-0.25, -0.2) is 0 Å². The van der Waals surface area contributed by atoms with E-state index in [1.54, 1.807) is 0 Å². The predicted molar refractivity (Wildman–Crippen MR) is 86.2 cm³/mol. The monoisotopic (exact) mass is 281 g/mol. The number of aliphatic hydroxyl groups excluding tert-OH is 1. The van der Waals surface area contributed by atoms with Gasteiger partial charge in [0.2, 0.25) is 0 Å². The lowest BCUT2D eigenvalue weighted by molar-refractivity contribution is 0.229. The summed E-state index contributed by atoms with van der Waals surface area (Å²) < 4.78 is 0. The van der Waals surface area contributed by atoms with E-state index in [2.05, 4.69) is 55.6 Å². The van der Waals surface area contributed by atoms with Crippen LogP contribution in [0.25, 0.3) is 0 Å². The lowest BCUT2D eigenvalue weighted by Crippen LogP contribution is -2.28. The molecule has 0 saturated heterocycles. The van der Waals surface area contributed by atoms with Gasteiger partial charge in [0.1, 0.15) is 0 Å². The summed E-state index contributed by atoms with van der Waals surface area (Å²) in [7, 11) is 0. The summed E-state index contributed by atoms with van der Waals surface area (Å²) in [5.41, 5.74) is 4.12. The average molecular weight is 281 g/mol. The molecule has 2 aromatic carbocycles. The molecule has 0 fully saturated rings. The Labute approximate surface area is 126 Å². The summed E-state index contributed by atoms with van der Waals surface area (Å²) in [6.07, 6.45) is 1.07. The average Bonchev–Trinajstić information content (AvgIpc) is 2.77. The molecule has 110 valence electrons. The Balaban J connectivity index is 1.86. The summed E-state index contributed by atoms with van der Waals surface area (Å²) in [6.45, 7) is 4.71. The molecule has 2 N–H and O–H groups in total. The molecule has 0 aromatic heterocycles. The van der Waals surface area contributed by atoms with E-state index in [0.29, 0.717) is 6.04 Å². The van der Waals surface area contributed by atoms with Gasteiger partial charge in [0.15, 0.2) is 0 Å². The van der Waals surface area contributed by atoms with E-state index in [1.165, 1.54) is 11.1 Å². The van der Waals surface area contributed by atoms with Crippen LogP contribution in [-0.4, -0.2) is 11.7 Å². The highest BCUT2D eigenvalue weighted by Gasteiger charge is 2.37. The second-order valence-corrected chi connectivity index (χ2v) is 6.54. The van der Waals surface area contributed by atoms with Gasteiger partial charge in [0.05, 0.1) is 12.6 Å². The molecular formula is C19H23NO. The molecule has 0 spiro atoms. The fourth-order valence-electron chi connectivity index (χ4n) is 3.48. The van der Waals surface area contributed by atoms with Crippen LogP contribution in [-0.2, 0) is 5.41 Å². The van der Waals surface area contributed by atoms with Crippen molar-refractivity contribution in [3.8, 4) is 0 Å². The van der Waals surface area contributed by atoms with E-state index in [9.17, 15) is 5.11 Å². The molecule has 0 heterocycles. The molecule has 1 aliphatic carbocycles. The first kappa shape index (κ1) is 14.3. The van der Waals surface area contributed by atoms with Gasteiger partial charge in [-0.2, -0.15) is 0 Å². The van der Waals surface area contributed by atoms with Crippen LogP contribution < -0.4 is 5.32 Å². The van der Waals surface area contributed by atoms with Crippen LogP contribution in [0.15, 0.2) is 54.6 Å². The van der Waals surface area contributed by atoms with Crippen LogP contribution >= 0.6 is 0 Å². The molecule has 0 amide bonds. The third-order valence-corrected chi connectivity index (χ3v) is 4.57. The van der Waals surface area contributed by atoms with Crippen LogP contribution in [0.3, 0.4) is 0 Å². The Morgan fingerprint density at radius 3 is 2.48 bits per heavy atom. The van der Waals surface area contributed by atoms with Crippen LogP contribution in [0.1, 0.15) is 49.0 Å². The van der Waals surface area contributed by atoms with Crippen molar-refractivity contribution in [3.63, 3.8) is 0 Å². The van der Waals surface area contributed by atoms with Crippen molar-refractivity contribution >= 4 is 0 Å². The molecule has 0 unspecified atom stereocenters. The van der Waals surface area contributed by atoms with Crippen molar-refractivity contribution in [2.45, 2.75) is 37.8 Å². The summed E-state index contributed by atoms with van der Waals surface area (Å²) in [4.78, 5) is 0. The van der Waals surface area contributed by atoms with E-state index in [1.807, 2.05) is 18.2 Å². The van der Waals surface area contributed by atoms with Crippen molar-refractivity contribution in [1.29, 1.82) is 0 Å². The molecule has 2 heteroatoms. The first-order valence-electron chi connectivity index (χ1n) is 7.63. The van der Waals surface area contributed by atoms with E-state index < -0.39 is 0 Å². The van der Waals surface area contributed by atoms with Crippen LogP contribution in [0, 0.1) is 0 Å². The van der Waals surface area contributed by atoms with Gasteiger partial charge in [-0.15, -0.1) is 0 Å². The zero-order chi connectivity index (χ0) is 14.9. The topological polar surface area (TPSA) is 32.3 Å². The van der Waals surface area contributed by atoms with Gasteiger partial charge in [0.25, 0.3) is 0 Å². The number of nitrogens with one attached hydrogen (secondary N) is 1. The molecule has 1 aliphatic rings. The molecular weight excluding hydrogens is 258 g/mol. The highest BCUT2D eigenvalue weighted by molar-refractivity contribution is 5.41. The highest BCUT2D eigenvalue weighted by Crippen LogP contribution is 2.45. The summed E-state index contributed by atoms with van der Waals surface area (Å²) in [6, 6.07) is 19.1. The largest absolute Gasteiger partial charge is 0.394 e. The predicted octanol–water partition coefficient (Wildman–Crippen LogP) is 3.73. The fourth-order valence-corrected chi connectivity index (χ4v) is 3.48. The number of rotatable bonds is 4. The molecule has 0 saturated carbocycles. The molecule has 21 heavy (non-hydrogen) atoms. The van der Waals surface area contributed by atoms with Gasteiger partial charge in [-0.05, 0) is 28.5 Å². The lowest BCUT2D eigenvalue weighted by atomic mass is 9.86. The number of aliphatic hydroxyl groups is 1. The number of hydrogen-bond acceptors (Lipinski definition) is 2. The molecule has 0 bridgehead atoms. The normalized spacial score (nSPS) is 21.0. The number of benzene rings is 2. The zero-order valence-corrected chi connectivity index (χ0v) is 12.7. The second kappa shape index (κ2) is 5.63. The fraction of sp³-hybridized carbons (Fsp3) is 0.368. The Morgan fingerprint density at radius 2 is 1.76 bits per heavy atom. The third kappa shape index (κ3) is 2.74. The molecule has 2 nitrogen and oxygen atoms in total. The van der Waals surface area contributed by atoms with Crippen LogP contribution in [0.4, 0.5) is 0 Å². The number of hydrogen-bond donors (Lipinski definition) is 2. The molecule has 0 radical (unpaired) electrons. The maximum atomic E-state index is 9.76. The van der Waals surface area contributed by atoms with Crippen molar-refractivity contribution in [2.75, 3.05) is 6.61 Å². The molecule has 0 aliphatic heterocycles. The van der Waals surface area contributed by atoms with E-state index in [0.717, 1.165) is 12.0 Å². The minimum atomic E-state index is -0.0156. The third-order valence-electron chi connectivity index (χ3n) is 4.57. The zero-order valence-electron chi connectivity index (χ0n) is 12.7. The molecule has 3 rings (SSSR count). The van der Waals surface area contributed by atoms with E-state index in [4.69, 9.17) is 0 Å². The first-order valence-corrected chi connectivity index (χ1v) is 7.63. The first-order chi connectivity index (χ1) is 10.1. The van der Waals surface area contributed by atoms with Gasteiger partial charge in [-0.1, -0.05) is 68.4 Å². The highest BCUT2D eigenvalue weighted by atomic mass is 16.3. The lowest BCUT2D eigenvalue weighted by Gasteiger charge is -2.24. The van der Waals surface area contributed by atoms with Gasteiger partial charge in [-0.3, -0.25) is 0 Å². The van der Waals surface area contributed by atoms with Crippen LogP contribution in [0.5, 0.6) is 0 Å². The van der Waals surface area contributed by atoms with Gasteiger partial charge < -0.3 is 10.4 Å². The standard InChI is InChI=1S/C19H23NO/c1-19(2)12-17(15-10-6-7-11-16(15)19)20-18(13-21)14-8-4-3-5-9-14/h3-11,17-18,20-21H,12-13H2,1-2H3/t17-,18+/m0/s1. The van der Waals surface area contributed by atoms with Crippen molar-refractivity contribution < 1.29 is 5.11 Å². The maximum Gasteiger partial charge on any atom is 0.0626 e. The SMILES string of the molecule is CC1(C)C[C@H](N[C@H](CO)c2ccccc2)c2ccccc21. The Bertz CT molecular complexity index is 606. The minimum absolute atomic E-state index is 0.0156. The van der Waals surface area contributed by atoms with Gasteiger partial charge in [0, 0.05) is 6.04 Å². The molecule has 2 aromatic rings. The van der Waals surface area contributed by atoms with E-state index >= 15 is 0 Å².